The van der Waals surface area contributed by atoms with E-state index in [9.17, 15) is 19.1 Å². The highest BCUT2D eigenvalue weighted by molar-refractivity contribution is 9.10. The van der Waals surface area contributed by atoms with Gasteiger partial charge in [0.25, 0.3) is 0 Å². The second-order valence-corrected chi connectivity index (χ2v) is 8.94. The van der Waals surface area contributed by atoms with Crippen molar-refractivity contribution in [3.05, 3.63) is 61.9 Å². The maximum Gasteiger partial charge on any atom is 0.338 e. The van der Waals surface area contributed by atoms with Crippen LogP contribution in [0.25, 0.3) is 0 Å². The molecule has 168 valence electrons. The molecule has 4 rings (SSSR count). The molecule has 11 heteroatoms. The lowest BCUT2D eigenvalue weighted by Crippen LogP contribution is -2.51. The van der Waals surface area contributed by atoms with Crippen molar-refractivity contribution in [2.75, 3.05) is 32.8 Å². The minimum absolute atomic E-state index is 0.151. The summed E-state index contributed by atoms with van der Waals surface area (Å²) in [6.07, 6.45) is 1.68. The number of carbonyl (C=O) groups excluding carboxylic acids is 1. The zero-order valence-corrected chi connectivity index (χ0v) is 19.5. The number of aromatic nitrogens is 1. The van der Waals surface area contributed by atoms with E-state index in [2.05, 4.69) is 20.9 Å². The van der Waals surface area contributed by atoms with Crippen molar-refractivity contribution < 1.29 is 23.8 Å². The first kappa shape index (κ1) is 22.6. The van der Waals surface area contributed by atoms with Gasteiger partial charge in [-0.1, -0.05) is 22.0 Å². The average Bonchev–Trinajstić information content (AvgIpc) is 3.27. The number of ether oxygens (including phenoxy) is 1. The second kappa shape index (κ2) is 9.47. The quantitative estimate of drug-likeness (QED) is 0.582. The van der Waals surface area contributed by atoms with Gasteiger partial charge in [0.2, 0.25) is 0 Å². The van der Waals surface area contributed by atoms with Crippen LogP contribution in [0.3, 0.4) is 0 Å². The lowest BCUT2D eigenvalue weighted by atomic mass is 9.93. The molecule has 1 saturated heterocycles. The predicted octanol–water partition coefficient (Wildman–Crippen LogP) is 3.07. The maximum atomic E-state index is 13.8. The normalized spacial score (nSPS) is 18.9. The molecule has 2 aliphatic rings. The lowest BCUT2D eigenvalue weighted by molar-refractivity contribution is -0.139. The van der Waals surface area contributed by atoms with Crippen LogP contribution in [-0.2, 0) is 14.3 Å². The van der Waals surface area contributed by atoms with E-state index >= 15 is 0 Å². The molecular weight excluding hydrogens is 503 g/mol. The minimum Gasteiger partial charge on any atom is -0.480 e. The minimum atomic E-state index is -0.945. The van der Waals surface area contributed by atoms with E-state index in [0.29, 0.717) is 45.2 Å². The summed E-state index contributed by atoms with van der Waals surface area (Å²) in [6, 6.07) is 3.46. The number of thiazole rings is 1. The fourth-order valence-electron chi connectivity index (χ4n) is 3.85. The number of rotatable bonds is 6. The number of hydrogen-bond acceptors (Lipinski definition) is 8. The van der Waals surface area contributed by atoms with Crippen molar-refractivity contribution in [2.24, 2.45) is 4.99 Å². The van der Waals surface area contributed by atoms with Gasteiger partial charge >= 0.3 is 11.9 Å². The van der Waals surface area contributed by atoms with Gasteiger partial charge in [-0.25, -0.2) is 14.2 Å². The van der Waals surface area contributed by atoms with E-state index in [1.54, 1.807) is 24.1 Å². The number of aliphatic carboxylic acids is 1. The highest BCUT2D eigenvalue weighted by Gasteiger charge is 2.40. The molecule has 1 atom stereocenters. The Bertz CT molecular complexity index is 1110. The van der Waals surface area contributed by atoms with E-state index < -0.39 is 23.8 Å². The molecule has 0 unspecified atom stereocenters. The van der Waals surface area contributed by atoms with Gasteiger partial charge in [-0.3, -0.25) is 14.7 Å². The molecule has 8 nitrogen and oxygen atoms in total. The number of carbonyl (C=O) groups is 2. The Morgan fingerprint density at radius 2 is 2.19 bits per heavy atom. The molecule has 1 aromatic carbocycles. The number of halogens is 2. The number of hydrogen-bond donors (Lipinski definition) is 1. The summed E-state index contributed by atoms with van der Waals surface area (Å²) < 4.78 is 19.6. The molecule has 2 aliphatic heterocycles. The van der Waals surface area contributed by atoms with E-state index in [1.165, 1.54) is 23.5 Å². The van der Waals surface area contributed by atoms with E-state index in [1.807, 2.05) is 10.3 Å². The number of carboxylic acids is 1. The molecule has 0 saturated carbocycles. The summed E-state index contributed by atoms with van der Waals surface area (Å²) in [6.45, 7) is 2.91. The van der Waals surface area contributed by atoms with Crippen LogP contribution < -0.4 is 0 Å². The molecule has 0 bridgehead atoms. The number of carboxylic acid groups (broad SMARTS) is 1. The Kier molecular flexibility index (Phi) is 6.68. The summed E-state index contributed by atoms with van der Waals surface area (Å²) in [5.74, 6) is -1.30. The smallest absolute Gasteiger partial charge is 0.338 e. The van der Waals surface area contributed by atoms with Crippen LogP contribution in [0, 0.1) is 5.82 Å². The Hall–Kier alpha value is -2.63. The largest absolute Gasteiger partial charge is 0.480 e. The SMILES string of the molecule is CCOC(=O)C1=C2CN(CC(=O)O)CCN2C(c2nccs2)=N[C@H]1c1ccc(F)cc1Br. The van der Waals surface area contributed by atoms with Gasteiger partial charge < -0.3 is 14.7 Å². The number of nitrogens with zero attached hydrogens (tertiary/aromatic N) is 4. The van der Waals surface area contributed by atoms with E-state index in [-0.39, 0.29) is 19.7 Å². The molecule has 0 radical (unpaired) electrons. The molecule has 1 N–H and O–H groups in total. The van der Waals surface area contributed by atoms with Gasteiger partial charge in [0.05, 0.1) is 18.7 Å². The fourth-order valence-corrected chi connectivity index (χ4v) is 5.06. The number of piperazine rings is 1. The van der Waals surface area contributed by atoms with Crippen LogP contribution in [0.4, 0.5) is 4.39 Å². The number of esters is 1. The van der Waals surface area contributed by atoms with Crippen molar-refractivity contribution in [3.8, 4) is 0 Å². The third-order valence-corrected chi connectivity index (χ3v) is 6.62. The predicted molar refractivity (Wildman–Crippen MR) is 120 cm³/mol. The molecule has 3 heterocycles. The average molecular weight is 523 g/mol. The standard InChI is InChI=1S/C21H20BrFN4O4S/c1-2-31-21(30)17-15-10-26(11-16(28)29)6-7-27(15)19(20-24-5-8-32-20)25-18(17)13-4-3-12(23)9-14(13)22/h3-5,8-9,18H,2,6-7,10-11H2,1H3,(H,28,29)/t18-/m0/s1. The molecule has 0 amide bonds. The molecule has 1 fully saturated rings. The van der Waals surface area contributed by atoms with Crippen LogP contribution in [0.2, 0.25) is 0 Å². The van der Waals surface area contributed by atoms with Crippen LogP contribution >= 0.6 is 27.3 Å². The van der Waals surface area contributed by atoms with Crippen LogP contribution in [0.15, 0.2) is 50.5 Å². The molecule has 1 aromatic heterocycles. The highest BCUT2D eigenvalue weighted by Crippen LogP contribution is 2.40. The number of benzene rings is 1. The summed E-state index contributed by atoms with van der Waals surface area (Å²) in [4.78, 5) is 37.4. The van der Waals surface area contributed by atoms with Crippen molar-refractivity contribution >= 4 is 45.0 Å². The molecule has 32 heavy (non-hydrogen) atoms. The topological polar surface area (TPSA) is 95.3 Å². The van der Waals surface area contributed by atoms with Gasteiger partial charge in [-0.15, -0.1) is 11.3 Å². The molecule has 0 spiro atoms. The first-order chi connectivity index (χ1) is 15.4. The van der Waals surface area contributed by atoms with Gasteiger partial charge in [-0.2, -0.15) is 0 Å². The van der Waals surface area contributed by atoms with Crippen molar-refractivity contribution in [1.82, 2.24) is 14.8 Å². The lowest BCUT2D eigenvalue weighted by Gasteiger charge is -2.42. The highest BCUT2D eigenvalue weighted by atomic mass is 79.9. The van der Waals surface area contributed by atoms with Crippen molar-refractivity contribution in [1.29, 1.82) is 0 Å². The van der Waals surface area contributed by atoms with E-state index in [0.717, 1.165) is 0 Å². The first-order valence-corrected chi connectivity index (χ1v) is 11.6. The molecule has 0 aliphatic carbocycles. The number of fused-ring (bicyclic) bond motifs is 1. The first-order valence-electron chi connectivity index (χ1n) is 9.93. The zero-order chi connectivity index (χ0) is 22.8. The van der Waals surface area contributed by atoms with Gasteiger partial charge in [0.1, 0.15) is 11.9 Å². The van der Waals surface area contributed by atoms with Crippen LogP contribution in [0.5, 0.6) is 0 Å². The zero-order valence-electron chi connectivity index (χ0n) is 17.1. The maximum absolute atomic E-state index is 13.8. The fraction of sp³-hybridized carbons (Fsp3) is 0.333. The Morgan fingerprint density at radius 3 is 2.84 bits per heavy atom. The molecular formula is C21H20BrFN4O4S. The second-order valence-electron chi connectivity index (χ2n) is 7.20. The summed E-state index contributed by atoms with van der Waals surface area (Å²) in [5.41, 5.74) is 1.54. The molecule has 2 aromatic rings. The Morgan fingerprint density at radius 1 is 1.38 bits per heavy atom. The van der Waals surface area contributed by atoms with Gasteiger partial charge in [-0.05, 0) is 24.6 Å². The number of aliphatic imine (C=N–C) groups is 1. The van der Waals surface area contributed by atoms with Crippen LogP contribution in [0.1, 0.15) is 23.5 Å². The van der Waals surface area contributed by atoms with Crippen LogP contribution in [-0.4, -0.2) is 70.5 Å². The van der Waals surface area contributed by atoms with E-state index in [4.69, 9.17) is 9.73 Å². The Labute approximate surface area is 196 Å². The monoisotopic (exact) mass is 522 g/mol. The van der Waals surface area contributed by atoms with Gasteiger partial charge in [0.15, 0.2) is 10.8 Å². The van der Waals surface area contributed by atoms with Crippen molar-refractivity contribution in [2.45, 2.75) is 13.0 Å². The number of amidine groups is 1. The third kappa shape index (κ3) is 4.45. The summed E-state index contributed by atoms with van der Waals surface area (Å²) in [5, 5.41) is 11.8. The summed E-state index contributed by atoms with van der Waals surface area (Å²) >= 11 is 4.82. The van der Waals surface area contributed by atoms with Gasteiger partial charge in [0, 0.05) is 41.4 Å². The summed E-state index contributed by atoms with van der Waals surface area (Å²) in [7, 11) is 0. The third-order valence-electron chi connectivity index (χ3n) is 5.17. The Balaban J connectivity index is 1.89. The van der Waals surface area contributed by atoms with Crippen molar-refractivity contribution in [3.63, 3.8) is 0 Å².